The molecule has 2 nitrogen and oxygen atoms in total. The number of para-hydroxylation sites is 1. The van der Waals surface area contributed by atoms with E-state index < -0.39 is 12.4 Å². The van der Waals surface area contributed by atoms with Crippen LogP contribution in [0.3, 0.4) is 0 Å². The first-order valence-electron chi connectivity index (χ1n) is 5.77. The molecule has 98 valence electrons. The Bertz CT molecular complexity index is 453. The monoisotopic (exact) mass is 295 g/mol. The van der Waals surface area contributed by atoms with Gasteiger partial charge in [-0.05, 0) is 12.6 Å². The van der Waals surface area contributed by atoms with Crippen LogP contribution in [-0.2, 0) is 6.54 Å². The quantitative estimate of drug-likeness (QED) is 0.718. The van der Waals surface area contributed by atoms with Crippen molar-refractivity contribution >= 4 is 6.98 Å². The summed E-state index contributed by atoms with van der Waals surface area (Å²) >= 11 is 0. The number of hydrogen-bond donors (Lipinski definition) is 0. The Morgan fingerprint density at radius 1 is 1.32 bits per heavy atom. The summed E-state index contributed by atoms with van der Waals surface area (Å²) in [6.07, 6.45) is 0. The number of halogens is 3. The van der Waals surface area contributed by atoms with Gasteiger partial charge in [-0.15, -0.1) is 12.1 Å². The first-order valence-corrected chi connectivity index (χ1v) is 5.77. The fraction of sp³-hybridized carbons (Fsp3) is 0.333. The maximum absolute atomic E-state index is 12.5. The van der Waals surface area contributed by atoms with Crippen LogP contribution in [-0.4, -0.2) is 31.6 Å². The standard InChI is InChI=1S/C12H14BF3NO.K/c1-10(13(14,15)16)8-17-6-7-18-12-5-3-2-4-11(12)9-17;/h2-5H,1,6-9H2;/q-1;+1. The van der Waals surface area contributed by atoms with E-state index in [0.717, 1.165) is 11.3 Å². The molecule has 0 unspecified atom stereocenters. The van der Waals surface area contributed by atoms with Gasteiger partial charge in [0.15, 0.2) is 0 Å². The third kappa shape index (κ3) is 4.91. The summed E-state index contributed by atoms with van der Waals surface area (Å²) in [6.45, 7) is -0.653. The molecule has 0 aromatic heterocycles. The van der Waals surface area contributed by atoms with E-state index in [-0.39, 0.29) is 57.9 Å². The van der Waals surface area contributed by atoms with Gasteiger partial charge in [-0.25, -0.2) is 0 Å². The minimum atomic E-state index is -4.96. The molecule has 0 bridgehead atoms. The molecule has 0 saturated carbocycles. The third-order valence-corrected chi connectivity index (χ3v) is 2.92. The SMILES string of the molecule is C=C(CN1CCOc2ccccc2C1)[B-](F)(F)F.[K+]. The molecule has 1 aliphatic heterocycles. The van der Waals surface area contributed by atoms with Crippen LogP contribution in [0.15, 0.2) is 36.3 Å². The number of hydrogen-bond acceptors (Lipinski definition) is 2. The molecule has 0 N–H and O–H groups in total. The maximum atomic E-state index is 12.5. The second-order valence-electron chi connectivity index (χ2n) is 4.40. The van der Waals surface area contributed by atoms with Crippen LogP contribution in [0, 0.1) is 0 Å². The van der Waals surface area contributed by atoms with E-state index >= 15 is 0 Å². The molecule has 19 heavy (non-hydrogen) atoms. The summed E-state index contributed by atoms with van der Waals surface area (Å²) in [6, 6.07) is 7.41. The van der Waals surface area contributed by atoms with Gasteiger partial charge >= 0.3 is 58.4 Å². The van der Waals surface area contributed by atoms with Gasteiger partial charge in [-0.1, -0.05) is 18.2 Å². The second kappa shape index (κ2) is 7.29. The summed E-state index contributed by atoms with van der Waals surface area (Å²) in [7, 11) is 0. The van der Waals surface area contributed by atoms with Gasteiger partial charge in [0.1, 0.15) is 12.4 Å². The fourth-order valence-corrected chi connectivity index (χ4v) is 1.91. The van der Waals surface area contributed by atoms with E-state index in [4.69, 9.17) is 4.74 Å². The van der Waals surface area contributed by atoms with E-state index in [0.29, 0.717) is 19.7 Å². The van der Waals surface area contributed by atoms with Crippen LogP contribution in [0.4, 0.5) is 12.9 Å². The van der Waals surface area contributed by atoms with Crippen LogP contribution in [0.1, 0.15) is 5.56 Å². The number of benzene rings is 1. The van der Waals surface area contributed by atoms with E-state index in [1.807, 2.05) is 24.3 Å². The zero-order valence-electron chi connectivity index (χ0n) is 10.9. The molecular weight excluding hydrogens is 281 g/mol. The molecule has 0 spiro atoms. The number of fused-ring (bicyclic) bond motifs is 1. The molecular formula is C12H14BF3KNO. The van der Waals surface area contributed by atoms with Crippen molar-refractivity contribution in [1.29, 1.82) is 0 Å². The third-order valence-electron chi connectivity index (χ3n) is 2.92. The fourth-order valence-electron chi connectivity index (χ4n) is 1.91. The topological polar surface area (TPSA) is 12.5 Å². The summed E-state index contributed by atoms with van der Waals surface area (Å²) in [5, 5.41) is 0. The van der Waals surface area contributed by atoms with Crippen molar-refractivity contribution in [3.8, 4) is 5.75 Å². The van der Waals surface area contributed by atoms with Crippen LogP contribution in [0.2, 0.25) is 0 Å². The van der Waals surface area contributed by atoms with Crippen LogP contribution < -0.4 is 56.1 Å². The molecule has 7 heteroatoms. The van der Waals surface area contributed by atoms with Crippen molar-refractivity contribution in [2.24, 2.45) is 0 Å². The molecule has 0 saturated heterocycles. The summed E-state index contributed by atoms with van der Waals surface area (Å²) < 4.78 is 43.0. The van der Waals surface area contributed by atoms with E-state index in [1.54, 1.807) is 4.90 Å². The average molecular weight is 295 g/mol. The van der Waals surface area contributed by atoms with Gasteiger partial charge in [-0.3, -0.25) is 4.90 Å². The minimum absolute atomic E-state index is 0. The molecule has 1 aliphatic rings. The summed E-state index contributed by atoms with van der Waals surface area (Å²) in [5.74, 6) is 0.753. The van der Waals surface area contributed by atoms with Gasteiger partial charge in [0.2, 0.25) is 0 Å². The Morgan fingerprint density at radius 3 is 2.68 bits per heavy atom. The van der Waals surface area contributed by atoms with E-state index in [1.165, 1.54) is 0 Å². The number of nitrogens with zero attached hydrogens (tertiary/aromatic N) is 1. The molecule has 0 radical (unpaired) electrons. The molecule has 1 aromatic rings. The van der Waals surface area contributed by atoms with Crippen LogP contribution in [0.25, 0.3) is 0 Å². The van der Waals surface area contributed by atoms with Gasteiger partial charge in [0.05, 0.1) is 0 Å². The maximum Gasteiger partial charge on any atom is 1.00 e. The van der Waals surface area contributed by atoms with Crippen molar-refractivity contribution < 1.29 is 69.1 Å². The average Bonchev–Trinajstić information content (AvgIpc) is 2.49. The predicted octanol–water partition coefficient (Wildman–Crippen LogP) is -0.172. The molecule has 1 heterocycles. The Hall–Kier alpha value is 0.211. The molecule has 2 rings (SSSR count). The van der Waals surface area contributed by atoms with Crippen molar-refractivity contribution in [3.05, 3.63) is 41.9 Å². The Kier molecular flexibility index (Phi) is 6.62. The molecule has 0 amide bonds. The zero-order chi connectivity index (χ0) is 13.2. The Balaban J connectivity index is 0.00000180. The van der Waals surface area contributed by atoms with Crippen molar-refractivity contribution in [2.45, 2.75) is 6.54 Å². The largest absolute Gasteiger partial charge is 1.00 e. The van der Waals surface area contributed by atoms with Crippen molar-refractivity contribution in [3.63, 3.8) is 0 Å². The predicted molar refractivity (Wildman–Crippen MR) is 65.4 cm³/mol. The normalized spacial score (nSPS) is 15.7. The number of rotatable bonds is 3. The van der Waals surface area contributed by atoms with Gasteiger partial charge < -0.3 is 17.7 Å². The first-order chi connectivity index (χ1) is 8.47. The summed E-state index contributed by atoms with van der Waals surface area (Å²) in [5.41, 5.74) is 0.256. The van der Waals surface area contributed by atoms with Crippen molar-refractivity contribution in [2.75, 3.05) is 19.7 Å². The smallest absolute Gasteiger partial charge is 0.492 e. The second-order valence-corrected chi connectivity index (χ2v) is 4.40. The van der Waals surface area contributed by atoms with Crippen molar-refractivity contribution in [1.82, 2.24) is 4.90 Å². The summed E-state index contributed by atoms with van der Waals surface area (Å²) in [4.78, 5) is 1.71. The number of ether oxygens (including phenoxy) is 1. The van der Waals surface area contributed by atoms with Crippen LogP contribution in [0.5, 0.6) is 5.75 Å². The van der Waals surface area contributed by atoms with Crippen LogP contribution >= 0.6 is 0 Å². The van der Waals surface area contributed by atoms with E-state index in [2.05, 4.69) is 6.58 Å². The minimum Gasteiger partial charge on any atom is -0.492 e. The van der Waals surface area contributed by atoms with Gasteiger partial charge in [0.25, 0.3) is 0 Å². The van der Waals surface area contributed by atoms with E-state index in [9.17, 15) is 12.9 Å². The van der Waals surface area contributed by atoms with Gasteiger partial charge in [0, 0.05) is 18.7 Å². The first kappa shape index (κ1) is 17.3. The molecule has 0 fully saturated rings. The molecule has 0 atom stereocenters. The Morgan fingerprint density at radius 2 is 2.00 bits per heavy atom. The van der Waals surface area contributed by atoms with Gasteiger partial charge in [-0.2, -0.15) is 0 Å². The molecule has 0 aliphatic carbocycles. The molecule has 1 aromatic carbocycles. The Labute approximate surface area is 153 Å². The zero-order valence-corrected chi connectivity index (χ0v) is 14.0.